The molecule has 0 radical (unpaired) electrons. The zero-order valence-electron chi connectivity index (χ0n) is 8.60. The van der Waals surface area contributed by atoms with Crippen molar-refractivity contribution in [1.82, 2.24) is 0 Å². The molecule has 0 heterocycles. The van der Waals surface area contributed by atoms with Gasteiger partial charge >= 0.3 is 5.97 Å². The van der Waals surface area contributed by atoms with Gasteiger partial charge in [-0.05, 0) is 17.5 Å². The minimum atomic E-state index is -1.08. The summed E-state index contributed by atoms with van der Waals surface area (Å²) in [6, 6.07) is 8.07. The molecule has 0 aromatic heterocycles. The summed E-state index contributed by atoms with van der Waals surface area (Å²) < 4.78 is 5.06. The molecular formula is C12H10O4. The summed E-state index contributed by atoms with van der Waals surface area (Å²) in [5, 5.41) is 19.9. The van der Waals surface area contributed by atoms with Crippen LogP contribution in [0.2, 0.25) is 0 Å². The third kappa shape index (κ3) is 1.44. The molecule has 0 amide bonds. The van der Waals surface area contributed by atoms with Crippen molar-refractivity contribution in [3.63, 3.8) is 0 Å². The number of fused-ring (bicyclic) bond motifs is 1. The number of carboxylic acid groups (broad SMARTS) is 1. The van der Waals surface area contributed by atoms with E-state index in [1.165, 1.54) is 19.2 Å². The molecule has 2 aromatic carbocycles. The predicted octanol–water partition coefficient (Wildman–Crippen LogP) is 2.25. The van der Waals surface area contributed by atoms with Crippen LogP contribution < -0.4 is 4.74 Å². The molecule has 0 aliphatic rings. The van der Waals surface area contributed by atoms with Crippen LogP contribution in [-0.2, 0) is 0 Å². The van der Waals surface area contributed by atoms with E-state index in [0.29, 0.717) is 5.39 Å². The minimum Gasteiger partial charge on any atom is -0.507 e. The molecule has 2 rings (SSSR count). The average Bonchev–Trinajstić information content (AvgIpc) is 2.27. The van der Waals surface area contributed by atoms with Crippen molar-refractivity contribution in [2.24, 2.45) is 0 Å². The van der Waals surface area contributed by atoms with Gasteiger partial charge < -0.3 is 14.9 Å². The zero-order chi connectivity index (χ0) is 11.7. The van der Waals surface area contributed by atoms with Gasteiger partial charge in [0.25, 0.3) is 0 Å². The molecule has 2 N–H and O–H groups in total. The second kappa shape index (κ2) is 3.73. The normalized spacial score (nSPS) is 10.3. The fraction of sp³-hybridized carbons (Fsp3) is 0.0833. The highest BCUT2D eigenvalue weighted by Gasteiger charge is 2.16. The Bertz CT molecular complexity index is 560. The van der Waals surface area contributed by atoms with Crippen LogP contribution in [0, 0.1) is 0 Å². The van der Waals surface area contributed by atoms with Gasteiger partial charge in [0, 0.05) is 0 Å². The standard InChI is InChI=1S/C12H10O4/c1-16-11-8(12(14)15)6-5-7-3-2-4-9(13)10(7)11/h2-6,13H,1H3,(H,14,15). The second-order valence-electron chi connectivity index (χ2n) is 3.33. The Morgan fingerprint density at radius 1 is 1.25 bits per heavy atom. The van der Waals surface area contributed by atoms with Gasteiger partial charge in [-0.3, -0.25) is 0 Å². The Morgan fingerprint density at radius 2 is 2.00 bits per heavy atom. The van der Waals surface area contributed by atoms with Gasteiger partial charge in [0.15, 0.2) is 0 Å². The first kappa shape index (κ1) is 10.3. The second-order valence-corrected chi connectivity index (χ2v) is 3.33. The van der Waals surface area contributed by atoms with Gasteiger partial charge in [-0.25, -0.2) is 4.79 Å². The molecule has 0 saturated carbocycles. The van der Waals surface area contributed by atoms with E-state index < -0.39 is 5.97 Å². The number of aromatic hydroxyl groups is 1. The molecule has 4 nitrogen and oxygen atoms in total. The lowest BCUT2D eigenvalue weighted by molar-refractivity contribution is 0.0693. The quantitative estimate of drug-likeness (QED) is 0.811. The number of ether oxygens (including phenoxy) is 1. The van der Waals surface area contributed by atoms with Crippen molar-refractivity contribution in [2.45, 2.75) is 0 Å². The lowest BCUT2D eigenvalue weighted by atomic mass is 10.0. The Labute approximate surface area is 91.7 Å². The van der Waals surface area contributed by atoms with Crippen LogP contribution in [0.4, 0.5) is 0 Å². The van der Waals surface area contributed by atoms with Crippen LogP contribution in [0.1, 0.15) is 10.4 Å². The van der Waals surface area contributed by atoms with Crippen molar-refractivity contribution in [3.05, 3.63) is 35.9 Å². The number of phenolic OH excluding ortho intramolecular Hbond substituents is 1. The zero-order valence-corrected chi connectivity index (χ0v) is 8.60. The number of phenols is 1. The highest BCUT2D eigenvalue weighted by atomic mass is 16.5. The van der Waals surface area contributed by atoms with Gasteiger partial charge in [0.05, 0.1) is 12.5 Å². The number of aromatic carboxylic acids is 1. The third-order valence-electron chi connectivity index (χ3n) is 2.41. The van der Waals surface area contributed by atoms with Crippen molar-refractivity contribution < 1.29 is 19.7 Å². The van der Waals surface area contributed by atoms with Gasteiger partial charge in [0.1, 0.15) is 17.1 Å². The molecule has 0 fully saturated rings. The van der Waals surface area contributed by atoms with E-state index in [9.17, 15) is 9.90 Å². The summed E-state index contributed by atoms with van der Waals surface area (Å²) in [5.41, 5.74) is 0.0384. The molecule has 0 spiro atoms. The predicted molar refractivity (Wildman–Crippen MR) is 59.1 cm³/mol. The average molecular weight is 218 g/mol. The number of methoxy groups -OCH3 is 1. The number of hydrogen-bond acceptors (Lipinski definition) is 3. The number of carbonyl (C=O) groups is 1. The van der Waals surface area contributed by atoms with Gasteiger partial charge in [-0.2, -0.15) is 0 Å². The van der Waals surface area contributed by atoms with Crippen LogP contribution in [0.15, 0.2) is 30.3 Å². The van der Waals surface area contributed by atoms with E-state index in [2.05, 4.69) is 0 Å². The molecule has 16 heavy (non-hydrogen) atoms. The summed E-state index contributed by atoms with van der Waals surface area (Å²) in [4.78, 5) is 11.0. The van der Waals surface area contributed by atoms with Crippen LogP contribution >= 0.6 is 0 Å². The van der Waals surface area contributed by atoms with E-state index in [1.54, 1.807) is 18.2 Å². The summed E-state index contributed by atoms with van der Waals surface area (Å²) >= 11 is 0. The Hall–Kier alpha value is -2.23. The maximum absolute atomic E-state index is 11.0. The maximum atomic E-state index is 11.0. The first-order chi connectivity index (χ1) is 7.65. The largest absolute Gasteiger partial charge is 0.507 e. The highest BCUT2D eigenvalue weighted by Crippen LogP contribution is 2.35. The Morgan fingerprint density at radius 3 is 2.62 bits per heavy atom. The first-order valence-electron chi connectivity index (χ1n) is 4.67. The van der Waals surface area contributed by atoms with Crippen LogP contribution in [-0.4, -0.2) is 23.3 Å². The number of rotatable bonds is 2. The Kier molecular flexibility index (Phi) is 2.40. The molecule has 0 bridgehead atoms. The van der Waals surface area contributed by atoms with Crippen molar-refractivity contribution in [3.8, 4) is 11.5 Å². The molecule has 0 saturated heterocycles. The molecular weight excluding hydrogens is 208 g/mol. The lowest BCUT2D eigenvalue weighted by Crippen LogP contribution is -2.00. The fourth-order valence-corrected chi connectivity index (χ4v) is 1.71. The first-order valence-corrected chi connectivity index (χ1v) is 4.67. The molecule has 2 aromatic rings. The van der Waals surface area contributed by atoms with E-state index in [0.717, 1.165) is 5.39 Å². The van der Waals surface area contributed by atoms with Crippen LogP contribution in [0.5, 0.6) is 11.5 Å². The topological polar surface area (TPSA) is 66.8 Å². The molecule has 0 atom stereocenters. The summed E-state index contributed by atoms with van der Waals surface area (Å²) in [6.45, 7) is 0. The van der Waals surface area contributed by atoms with Crippen LogP contribution in [0.25, 0.3) is 10.8 Å². The van der Waals surface area contributed by atoms with E-state index in [-0.39, 0.29) is 17.1 Å². The lowest BCUT2D eigenvalue weighted by Gasteiger charge is -2.09. The number of benzene rings is 2. The highest BCUT2D eigenvalue weighted by molar-refractivity contribution is 6.02. The summed E-state index contributed by atoms with van der Waals surface area (Å²) in [6.07, 6.45) is 0. The van der Waals surface area contributed by atoms with E-state index in [1.807, 2.05) is 0 Å². The monoisotopic (exact) mass is 218 g/mol. The molecule has 0 unspecified atom stereocenters. The summed E-state index contributed by atoms with van der Waals surface area (Å²) in [5.74, 6) is -0.887. The van der Waals surface area contributed by atoms with Gasteiger partial charge in [0.2, 0.25) is 0 Å². The van der Waals surface area contributed by atoms with Crippen molar-refractivity contribution in [2.75, 3.05) is 7.11 Å². The fourth-order valence-electron chi connectivity index (χ4n) is 1.71. The molecule has 0 aliphatic heterocycles. The molecule has 0 aliphatic carbocycles. The van der Waals surface area contributed by atoms with Gasteiger partial charge in [-0.15, -0.1) is 0 Å². The SMILES string of the molecule is COc1c(C(=O)O)ccc2cccc(O)c12. The van der Waals surface area contributed by atoms with E-state index >= 15 is 0 Å². The van der Waals surface area contributed by atoms with E-state index in [4.69, 9.17) is 9.84 Å². The number of carboxylic acids is 1. The van der Waals surface area contributed by atoms with Crippen molar-refractivity contribution >= 4 is 16.7 Å². The minimum absolute atomic E-state index is 0.0115. The third-order valence-corrected chi connectivity index (χ3v) is 2.41. The van der Waals surface area contributed by atoms with Crippen LogP contribution in [0.3, 0.4) is 0 Å². The van der Waals surface area contributed by atoms with Crippen molar-refractivity contribution in [1.29, 1.82) is 0 Å². The number of hydrogen-bond donors (Lipinski definition) is 2. The smallest absolute Gasteiger partial charge is 0.339 e. The summed E-state index contributed by atoms with van der Waals surface area (Å²) in [7, 11) is 1.38. The Balaban J connectivity index is 2.89. The van der Waals surface area contributed by atoms with Gasteiger partial charge in [-0.1, -0.05) is 18.2 Å². The molecule has 82 valence electrons. The maximum Gasteiger partial charge on any atom is 0.339 e. The molecule has 4 heteroatoms.